The fourth-order valence-electron chi connectivity index (χ4n) is 3.16. The Morgan fingerprint density at radius 1 is 1.16 bits per heavy atom. The van der Waals surface area contributed by atoms with Gasteiger partial charge in [-0.05, 0) is 35.4 Å². The van der Waals surface area contributed by atoms with Crippen LogP contribution >= 0.6 is 0 Å². The molecule has 2 rings (SSSR count). The summed E-state index contributed by atoms with van der Waals surface area (Å²) in [4.78, 5) is 15.8. The van der Waals surface area contributed by atoms with Crippen LogP contribution in [0.4, 0.5) is 0 Å². The second-order valence-corrected chi connectivity index (χ2v) is 6.80. The predicted molar refractivity (Wildman–Crippen MR) is 96.8 cm³/mol. The molecular weight excluding hydrogens is 318 g/mol. The van der Waals surface area contributed by atoms with Crippen molar-refractivity contribution in [1.82, 2.24) is 15.2 Å². The molecule has 0 fully saturated rings. The predicted octanol–water partition coefficient (Wildman–Crippen LogP) is 3.96. The number of aromatic amines is 1. The maximum atomic E-state index is 12.6. The summed E-state index contributed by atoms with van der Waals surface area (Å²) in [5, 5.41) is 8.40. The van der Waals surface area contributed by atoms with Crippen molar-refractivity contribution in [3.63, 3.8) is 0 Å². The van der Waals surface area contributed by atoms with Crippen molar-refractivity contribution in [2.75, 3.05) is 14.2 Å². The molecule has 0 unspecified atom stereocenters. The number of methoxy groups -OCH3 is 2. The normalized spacial score (nSPS) is 11.4. The molecule has 1 aromatic carbocycles. The van der Waals surface area contributed by atoms with Crippen LogP contribution in [-0.2, 0) is 16.1 Å². The lowest BCUT2D eigenvalue weighted by atomic mass is 9.82. The van der Waals surface area contributed by atoms with Crippen LogP contribution in [-0.4, -0.2) is 35.4 Å². The van der Waals surface area contributed by atoms with Gasteiger partial charge in [0.2, 0.25) is 0 Å². The zero-order valence-electron chi connectivity index (χ0n) is 16.1. The first-order chi connectivity index (χ1) is 11.8. The molecule has 0 aliphatic carbocycles. The quantitative estimate of drug-likeness (QED) is 0.802. The van der Waals surface area contributed by atoms with Crippen molar-refractivity contribution >= 4 is 5.97 Å². The number of H-pyrrole nitrogens is 1. The summed E-state index contributed by atoms with van der Waals surface area (Å²) in [6, 6.07) is 2.05. The van der Waals surface area contributed by atoms with Crippen LogP contribution < -0.4 is 0 Å². The Kier molecular flexibility index (Phi) is 5.95. The van der Waals surface area contributed by atoms with Crippen molar-refractivity contribution in [2.45, 2.75) is 53.1 Å². The Hall–Kier alpha value is -2.21. The molecule has 25 heavy (non-hydrogen) atoms. The largest absolute Gasteiger partial charge is 0.465 e. The minimum atomic E-state index is -0.315. The van der Waals surface area contributed by atoms with Gasteiger partial charge in [0.25, 0.3) is 0 Å². The zero-order chi connectivity index (χ0) is 18.7. The van der Waals surface area contributed by atoms with Crippen LogP contribution in [0.5, 0.6) is 0 Å². The number of aryl methyl sites for hydroxylation is 1. The third-order valence-corrected chi connectivity index (χ3v) is 4.23. The molecule has 2 aromatic rings. The molecule has 1 aromatic heterocycles. The Morgan fingerprint density at radius 2 is 1.84 bits per heavy atom. The molecule has 136 valence electrons. The van der Waals surface area contributed by atoms with Crippen LogP contribution in [0.1, 0.15) is 72.4 Å². The first-order valence-corrected chi connectivity index (χ1v) is 8.48. The number of hydrogen-bond donors (Lipinski definition) is 1. The summed E-state index contributed by atoms with van der Waals surface area (Å²) in [5.41, 5.74) is 4.54. The van der Waals surface area contributed by atoms with Crippen molar-refractivity contribution in [3.05, 3.63) is 34.1 Å². The first-order valence-electron chi connectivity index (χ1n) is 8.48. The van der Waals surface area contributed by atoms with E-state index in [0.717, 1.165) is 22.3 Å². The van der Waals surface area contributed by atoms with E-state index in [1.165, 1.54) is 7.11 Å². The molecule has 6 nitrogen and oxygen atoms in total. The van der Waals surface area contributed by atoms with Crippen LogP contribution in [0.25, 0.3) is 11.4 Å². The Morgan fingerprint density at radius 3 is 2.36 bits per heavy atom. The minimum Gasteiger partial charge on any atom is -0.465 e. The number of carbonyl (C=O) groups excluding carboxylic acids is 1. The highest BCUT2D eigenvalue weighted by molar-refractivity contribution is 5.96. The van der Waals surface area contributed by atoms with Crippen LogP contribution in [0.3, 0.4) is 0 Å². The van der Waals surface area contributed by atoms with Crippen molar-refractivity contribution in [2.24, 2.45) is 0 Å². The molecule has 0 aliphatic heterocycles. The molecule has 0 saturated carbocycles. The number of nitrogens with zero attached hydrogens (tertiary/aromatic N) is 2. The molecule has 0 saturated heterocycles. The molecule has 0 spiro atoms. The zero-order valence-corrected chi connectivity index (χ0v) is 16.1. The highest BCUT2D eigenvalue weighted by Gasteiger charge is 2.27. The fraction of sp³-hybridized carbons (Fsp3) is 0.526. The number of rotatable bonds is 6. The second-order valence-electron chi connectivity index (χ2n) is 6.80. The molecule has 0 atom stereocenters. The summed E-state index contributed by atoms with van der Waals surface area (Å²) < 4.78 is 10.2. The summed E-state index contributed by atoms with van der Waals surface area (Å²) in [7, 11) is 3.03. The van der Waals surface area contributed by atoms with E-state index >= 15 is 0 Å². The summed E-state index contributed by atoms with van der Waals surface area (Å²) >= 11 is 0. The average molecular weight is 345 g/mol. The maximum absolute atomic E-state index is 12.6. The van der Waals surface area contributed by atoms with Gasteiger partial charge in [-0.1, -0.05) is 33.8 Å². The number of hydrogen-bond acceptors (Lipinski definition) is 5. The van der Waals surface area contributed by atoms with Gasteiger partial charge < -0.3 is 14.5 Å². The van der Waals surface area contributed by atoms with E-state index < -0.39 is 0 Å². The van der Waals surface area contributed by atoms with Gasteiger partial charge in [-0.2, -0.15) is 0 Å². The van der Waals surface area contributed by atoms with Gasteiger partial charge in [0.1, 0.15) is 6.61 Å². The Labute approximate surface area is 149 Å². The van der Waals surface area contributed by atoms with E-state index in [4.69, 9.17) is 9.47 Å². The van der Waals surface area contributed by atoms with Crippen LogP contribution in [0, 0.1) is 6.92 Å². The van der Waals surface area contributed by atoms with Crippen molar-refractivity contribution in [1.29, 1.82) is 0 Å². The minimum absolute atomic E-state index is 0.123. The third-order valence-electron chi connectivity index (χ3n) is 4.23. The number of carbonyl (C=O) groups is 1. The van der Waals surface area contributed by atoms with Crippen LogP contribution in [0.15, 0.2) is 6.07 Å². The molecule has 0 aliphatic rings. The smallest absolute Gasteiger partial charge is 0.338 e. The standard InChI is InChI=1S/C19H27N3O3/c1-10(2)13-8-12(5)16(18-20-14(9-24-6)21-22-18)15(11(3)4)17(13)19(23)25-7/h8,10-11H,9H2,1-7H3,(H,20,21,22). The van der Waals surface area contributed by atoms with Crippen molar-refractivity contribution < 1.29 is 14.3 Å². The van der Waals surface area contributed by atoms with Gasteiger partial charge in [0.05, 0.1) is 12.7 Å². The third kappa shape index (κ3) is 3.74. The van der Waals surface area contributed by atoms with E-state index in [9.17, 15) is 4.79 Å². The summed E-state index contributed by atoms with van der Waals surface area (Å²) in [6.07, 6.45) is 0. The van der Waals surface area contributed by atoms with Gasteiger partial charge in [0, 0.05) is 12.7 Å². The number of nitrogens with one attached hydrogen (secondary N) is 1. The summed E-state index contributed by atoms with van der Waals surface area (Å²) in [5.74, 6) is 1.31. The molecule has 6 heteroatoms. The van der Waals surface area contributed by atoms with E-state index in [1.807, 2.05) is 6.92 Å². The maximum Gasteiger partial charge on any atom is 0.338 e. The van der Waals surface area contributed by atoms with Gasteiger partial charge >= 0.3 is 5.97 Å². The first kappa shape index (κ1) is 19.1. The molecule has 1 N–H and O–H groups in total. The van der Waals surface area contributed by atoms with Gasteiger partial charge in [-0.25, -0.2) is 4.79 Å². The lowest BCUT2D eigenvalue weighted by Gasteiger charge is -2.22. The molecule has 0 bridgehead atoms. The molecule has 0 amide bonds. The van der Waals surface area contributed by atoms with E-state index in [1.54, 1.807) is 7.11 Å². The number of esters is 1. The molecular formula is C19H27N3O3. The van der Waals surface area contributed by atoms with Crippen LogP contribution in [0.2, 0.25) is 0 Å². The number of ether oxygens (including phenoxy) is 2. The van der Waals surface area contributed by atoms with Gasteiger partial charge in [0.15, 0.2) is 11.6 Å². The monoisotopic (exact) mass is 345 g/mol. The van der Waals surface area contributed by atoms with E-state index in [-0.39, 0.29) is 17.8 Å². The lowest BCUT2D eigenvalue weighted by molar-refractivity contribution is 0.0597. The summed E-state index contributed by atoms with van der Waals surface area (Å²) in [6.45, 7) is 10.7. The Bertz CT molecular complexity index is 764. The van der Waals surface area contributed by atoms with Gasteiger partial charge in [-0.15, -0.1) is 10.2 Å². The van der Waals surface area contributed by atoms with E-state index in [2.05, 4.69) is 48.9 Å². The molecule has 0 radical (unpaired) electrons. The lowest BCUT2D eigenvalue weighted by Crippen LogP contribution is -2.14. The highest BCUT2D eigenvalue weighted by Crippen LogP contribution is 2.38. The van der Waals surface area contributed by atoms with Crippen molar-refractivity contribution in [3.8, 4) is 11.4 Å². The second kappa shape index (κ2) is 7.78. The number of aromatic nitrogens is 3. The fourth-order valence-corrected chi connectivity index (χ4v) is 3.16. The molecule has 1 heterocycles. The number of benzene rings is 1. The van der Waals surface area contributed by atoms with E-state index in [0.29, 0.717) is 23.8 Å². The van der Waals surface area contributed by atoms with Gasteiger partial charge in [-0.3, -0.25) is 0 Å². The average Bonchev–Trinajstić information content (AvgIpc) is 3.01. The SMILES string of the molecule is COCc1nnc(-c2c(C)cc(C(C)C)c(C(=O)OC)c2C(C)C)[nH]1. The topological polar surface area (TPSA) is 77.1 Å². The highest BCUT2D eigenvalue weighted by atomic mass is 16.5. The Balaban J connectivity index is 2.80.